The summed E-state index contributed by atoms with van der Waals surface area (Å²) in [5.41, 5.74) is 0.920. The zero-order valence-electron chi connectivity index (χ0n) is 15.3. The van der Waals surface area contributed by atoms with E-state index in [9.17, 15) is 14.4 Å². The number of carbonyl (C=O) groups is 3. The van der Waals surface area contributed by atoms with Crippen molar-refractivity contribution < 1.29 is 19.1 Å². The number of nitrogens with zero attached hydrogens (tertiary/aromatic N) is 2. The maximum atomic E-state index is 12.5. The maximum absolute atomic E-state index is 12.5. The van der Waals surface area contributed by atoms with Gasteiger partial charge in [-0.15, -0.1) is 0 Å². The number of halogens is 1. The zero-order valence-corrected chi connectivity index (χ0v) is 16.0. The van der Waals surface area contributed by atoms with E-state index in [-0.39, 0.29) is 27.9 Å². The number of anilines is 1. The van der Waals surface area contributed by atoms with Crippen LogP contribution in [-0.2, 0) is 4.74 Å². The van der Waals surface area contributed by atoms with E-state index in [4.69, 9.17) is 11.6 Å². The van der Waals surface area contributed by atoms with E-state index in [0.29, 0.717) is 18.7 Å². The molecule has 1 heterocycles. The van der Waals surface area contributed by atoms with Crippen molar-refractivity contribution in [2.75, 3.05) is 25.5 Å². The van der Waals surface area contributed by atoms with Crippen molar-refractivity contribution in [3.63, 3.8) is 0 Å². The molecule has 0 aliphatic carbocycles. The first-order valence-corrected chi connectivity index (χ1v) is 8.73. The summed E-state index contributed by atoms with van der Waals surface area (Å²) in [6, 6.07) is 7.37. The molecule has 0 bridgehead atoms. The fraction of sp³-hybridized carbons (Fsp3) is 0.263. The average Bonchev–Trinajstić information content (AvgIpc) is 2.69. The second-order valence-electron chi connectivity index (χ2n) is 5.55. The van der Waals surface area contributed by atoms with Gasteiger partial charge < -0.3 is 15.0 Å². The number of aromatic nitrogens is 1. The summed E-state index contributed by atoms with van der Waals surface area (Å²) in [6.07, 6.45) is 1.40. The Labute approximate surface area is 162 Å². The Bertz CT molecular complexity index is 866. The first-order chi connectivity index (χ1) is 12.9. The quantitative estimate of drug-likeness (QED) is 0.766. The molecule has 0 saturated heterocycles. The van der Waals surface area contributed by atoms with E-state index in [1.54, 1.807) is 11.0 Å². The molecule has 0 radical (unpaired) electrons. The predicted molar refractivity (Wildman–Crippen MR) is 102 cm³/mol. The number of hydrogen-bond donors (Lipinski definition) is 1. The standard InChI is InChI=1S/C19H20ClN3O4/c1-4-23(5-2)18(25)12-8-9-21-16(10-12)17(24)22-15-11-13(19(26)27-3)6-7-14(15)20/h6-11H,4-5H2,1-3H3,(H,22,24). The summed E-state index contributed by atoms with van der Waals surface area (Å²) in [5.74, 6) is -1.28. The molecule has 0 spiro atoms. The molecule has 1 N–H and O–H groups in total. The van der Waals surface area contributed by atoms with Crippen molar-refractivity contribution in [3.8, 4) is 0 Å². The molecule has 0 aliphatic rings. The number of esters is 1. The SMILES string of the molecule is CCN(CC)C(=O)c1ccnc(C(=O)Nc2cc(C(=O)OC)ccc2Cl)c1. The van der Waals surface area contributed by atoms with Gasteiger partial charge in [-0.3, -0.25) is 14.6 Å². The molecule has 0 atom stereocenters. The second-order valence-corrected chi connectivity index (χ2v) is 5.95. The van der Waals surface area contributed by atoms with Crippen molar-refractivity contribution in [2.24, 2.45) is 0 Å². The van der Waals surface area contributed by atoms with Crippen molar-refractivity contribution in [2.45, 2.75) is 13.8 Å². The number of pyridine rings is 1. The van der Waals surface area contributed by atoms with Gasteiger partial charge in [-0.1, -0.05) is 11.6 Å². The van der Waals surface area contributed by atoms with Crippen molar-refractivity contribution in [3.05, 3.63) is 58.4 Å². The predicted octanol–water partition coefficient (Wildman–Crippen LogP) is 3.26. The van der Waals surface area contributed by atoms with E-state index in [0.717, 1.165) is 0 Å². The molecule has 7 nitrogen and oxygen atoms in total. The fourth-order valence-electron chi connectivity index (χ4n) is 2.43. The minimum Gasteiger partial charge on any atom is -0.465 e. The van der Waals surface area contributed by atoms with E-state index >= 15 is 0 Å². The van der Waals surface area contributed by atoms with Crippen LogP contribution < -0.4 is 5.32 Å². The number of methoxy groups -OCH3 is 1. The molecule has 2 amide bonds. The van der Waals surface area contributed by atoms with Crippen molar-refractivity contribution >= 4 is 35.1 Å². The minimum absolute atomic E-state index is 0.0625. The van der Waals surface area contributed by atoms with Gasteiger partial charge in [0.2, 0.25) is 0 Å². The Hall–Kier alpha value is -2.93. The van der Waals surface area contributed by atoms with Gasteiger partial charge in [0.1, 0.15) is 5.69 Å². The van der Waals surface area contributed by atoms with Gasteiger partial charge in [-0.25, -0.2) is 4.79 Å². The molecule has 27 heavy (non-hydrogen) atoms. The number of rotatable bonds is 6. The van der Waals surface area contributed by atoms with Crippen LogP contribution in [0.1, 0.15) is 45.1 Å². The minimum atomic E-state index is -0.549. The van der Waals surface area contributed by atoms with Gasteiger partial charge in [-0.05, 0) is 44.2 Å². The smallest absolute Gasteiger partial charge is 0.337 e. The number of hydrogen-bond acceptors (Lipinski definition) is 5. The molecule has 1 aromatic carbocycles. The highest BCUT2D eigenvalue weighted by Crippen LogP contribution is 2.24. The highest BCUT2D eigenvalue weighted by molar-refractivity contribution is 6.34. The van der Waals surface area contributed by atoms with Gasteiger partial charge in [0, 0.05) is 24.8 Å². The number of nitrogens with one attached hydrogen (secondary N) is 1. The Kier molecular flexibility index (Phi) is 6.90. The highest BCUT2D eigenvalue weighted by Gasteiger charge is 2.17. The van der Waals surface area contributed by atoms with Crippen LogP contribution in [0.4, 0.5) is 5.69 Å². The third-order valence-electron chi connectivity index (χ3n) is 3.93. The fourth-order valence-corrected chi connectivity index (χ4v) is 2.60. The largest absolute Gasteiger partial charge is 0.465 e. The lowest BCUT2D eigenvalue weighted by molar-refractivity contribution is 0.0600. The zero-order chi connectivity index (χ0) is 20.0. The van der Waals surface area contributed by atoms with Crippen LogP contribution in [0.25, 0.3) is 0 Å². The summed E-state index contributed by atoms with van der Waals surface area (Å²) in [7, 11) is 1.26. The van der Waals surface area contributed by atoms with Crippen LogP contribution >= 0.6 is 11.6 Å². The summed E-state index contributed by atoms with van der Waals surface area (Å²) in [4.78, 5) is 42.3. The van der Waals surface area contributed by atoms with Crippen LogP contribution in [0.2, 0.25) is 5.02 Å². The van der Waals surface area contributed by atoms with Gasteiger partial charge in [0.15, 0.2) is 0 Å². The normalized spacial score (nSPS) is 10.2. The highest BCUT2D eigenvalue weighted by atomic mass is 35.5. The lowest BCUT2D eigenvalue weighted by atomic mass is 10.1. The average molecular weight is 390 g/mol. The first kappa shape index (κ1) is 20.4. The Morgan fingerprint density at radius 3 is 2.44 bits per heavy atom. The molecule has 1 aromatic heterocycles. The number of carbonyl (C=O) groups excluding carboxylic acids is 3. The summed E-state index contributed by atoms with van der Waals surface area (Å²) < 4.78 is 4.66. The first-order valence-electron chi connectivity index (χ1n) is 8.35. The lowest BCUT2D eigenvalue weighted by Crippen LogP contribution is -2.30. The van der Waals surface area contributed by atoms with E-state index in [1.165, 1.54) is 37.6 Å². The van der Waals surface area contributed by atoms with Gasteiger partial charge in [0.05, 0.1) is 23.4 Å². The lowest BCUT2D eigenvalue weighted by Gasteiger charge is -2.18. The van der Waals surface area contributed by atoms with Gasteiger partial charge in [-0.2, -0.15) is 0 Å². The van der Waals surface area contributed by atoms with Crippen molar-refractivity contribution in [1.82, 2.24) is 9.88 Å². The summed E-state index contributed by atoms with van der Waals surface area (Å²) in [6.45, 7) is 4.89. The molecular formula is C19H20ClN3O4. The monoisotopic (exact) mass is 389 g/mol. The van der Waals surface area contributed by atoms with Crippen LogP contribution in [0.15, 0.2) is 36.5 Å². The van der Waals surface area contributed by atoms with Crippen LogP contribution in [-0.4, -0.2) is 47.9 Å². The van der Waals surface area contributed by atoms with E-state index in [2.05, 4.69) is 15.0 Å². The molecule has 8 heteroatoms. The van der Waals surface area contributed by atoms with E-state index < -0.39 is 11.9 Å². The Balaban J connectivity index is 2.25. The summed E-state index contributed by atoms with van der Waals surface area (Å²) >= 11 is 6.09. The van der Waals surface area contributed by atoms with Crippen LogP contribution in [0.3, 0.4) is 0 Å². The number of amides is 2. The molecular weight excluding hydrogens is 370 g/mol. The maximum Gasteiger partial charge on any atom is 0.337 e. The molecule has 2 rings (SSSR count). The van der Waals surface area contributed by atoms with E-state index in [1.807, 2.05) is 13.8 Å². The molecule has 142 valence electrons. The number of ether oxygens (including phenoxy) is 1. The Morgan fingerprint density at radius 2 is 1.81 bits per heavy atom. The third kappa shape index (κ3) is 4.83. The van der Waals surface area contributed by atoms with Crippen LogP contribution in [0, 0.1) is 0 Å². The van der Waals surface area contributed by atoms with Gasteiger partial charge >= 0.3 is 5.97 Å². The molecule has 0 saturated carbocycles. The third-order valence-corrected chi connectivity index (χ3v) is 4.26. The summed E-state index contributed by atoms with van der Waals surface area (Å²) in [5, 5.41) is 2.86. The molecule has 0 aliphatic heterocycles. The topological polar surface area (TPSA) is 88.6 Å². The van der Waals surface area contributed by atoms with Crippen LogP contribution in [0.5, 0.6) is 0 Å². The van der Waals surface area contributed by atoms with Gasteiger partial charge in [0.25, 0.3) is 11.8 Å². The van der Waals surface area contributed by atoms with Crippen molar-refractivity contribution in [1.29, 1.82) is 0 Å². The number of benzene rings is 1. The Morgan fingerprint density at radius 1 is 1.11 bits per heavy atom. The second kappa shape index (κ2) is 9.14. The molecule has 0 fully saturated rings. The molecule has 0 unspecified atom stereocenters. The molecule has 2 aromatic rings.